The van der Waals surface area contributed by atoms with E-state index < -0.39 is 12.1 Å². The summed E-state index contributed by atoms with van der Waals surface area (Å²) in [6, 6.07) is 6.61. The number of nitrogens with zero attached hydrogens (tertiary/aromatic N) is 3. The SMILES string of the molecule is O=C(NCCCCCCNC1=NN(O)c2ccccc2N1O)C(F)(F)F. The number of alkyl halides is 3. The molecule has 1 aromatic carbocycles. The number of anilines is 2. The van der Waals surface area contributed by atoms with Gasteiger partial charge in [0, 0.05) is 13.1 Å². The topological polar surface area (TPSA) is 100 Å². The predicted octanol–water partition coefficient (Wildman–Crippen LogP) is 2.19. The number of para-hydroxylation sites is 2. The standard InChI is InChI=1S/C15H20F3N5O3/c16-15(17,18)13(24)19-9-5-1-2-6-10-20-14-21-23(26)12-8-4-3-7-11(12)22(14)25/h3-4,7-8,25-26H,1-2,5-6,9-10H2,(H,19,24)(H,20,21). The number of guanidine groups is 1. The summed E-state index contributed by atoms with van der Waals surface area (Å²) in [6.07, 6.45) is -2.38. The number of hydrogen-bond acceptors (Lipinski definition) is 7. The van der Waals surface area contributed by atoms with Crippen LogP contribution in [-0.2, 0) is 4.79 Å². The van der Waals surface area contributed by atoms with Gasteiger partial charge in [0.15, 0.2) is 0 Å². The summed E-state index contributed by atoms with van der Waals surface area (Å²) in [7, 11) is 0. The number of halogens is 3. The molecule has 0 fully saturated rings. The van der Waals surface area contributed by atoms with E-state index in [-0.39, 0.29) is 12.5 Å². The zero-order chi connectivity index (χ0) is 19.2. The number of nitrogens with one attached hydrogen (secondary N) is 2. The molecule has 0 atom stereocenters. The van der Waals surface area contributed by atoms with E-state index in [0.717, 1.165) is 5.06 Å². The monoisotopic (exact) mass is 375 g/mol. The van der Waals surface area contributed by atoms with Crippen molar-refractivity contribution in [3.05, 3.63) is 24.3 Å². The maximum Gasteiger partial charge on any atom is 0.471 e. The molecular formula is C15H20F3N5O3. The Morgan fingerprint density at radius 1 is 1.04 bits per heavy atom. The lowest BCUT2D eigenvalue weighted by atomic mass is 10.2. The van der Waals surface area contributed by atoms with Crippen LogP contribution in [-0.4, -0.2) is 41.5 Å². The molecule has 0 unspecified atom stereocenters. The first-order chi connectivity index (χ1) is 12.3. The van der Waals surface area contributed by atoms with Crippen LogP contribution in [0, 0.1) is 0 Å². The van der Waals surface area contributed by atoms with Gasteiger partial charge in [-0.05, 0) is 25.0 Å². The van der Waals surface area contributed by atoms with Crippen molar-refractivity contribution in [2.45, 2.75) is 31.9 Å². The van der Waals surface area contributed by atoms with Crippen LogP contribution in [0.5, 0.6) is 0 Å². The number of hydrazone groups is 1. The van der Waals surface area contributed by atoms with Gasteiger partial charge in [-0.1, -0.05) is 25.0 Å². The van der Waals surface area contributed by atoms with Crippen LogP contribution in [0.1, 0.15) is 25.7 Å². The third-order valence-corrected chi connectivity index (χ3v) is 3.65. The number of hydrogen-bond donors (Lipinski definition) is 4. The van der Waals surface area contributed by atoms with Crippen molar-refractivity contribution in [1.29, 1.82) is 0 Å². The summed E-state index contributed by atoms with van der Waals surface area (Å²) in [5.74, 6) is -1.87. The molecule has 0 spiro atoms. The van der Waals surface area contributed by atoms with E-state index in [1.165, 1.54) is 0 Å². The molecule has 11 heteroatoms. The molecule has 1 heterocycles. The highest BCUT2D eigenvalue weighted by Crippen LogP contribution is 2.30. The lowest BCUT2D eigenvalue weighted by Crippen LogP contribution is -2.44. The van der Waals surface area contributed by atoms with Gasteiger partial charge >= 0.3 is 12.1 Å². The average molecular weight is 375 g/mol. The molecule has 144 valence electrons. The predicted molar refractivity (Wildman–Crippen MR) is 87.9 cm³/mol. The third kappa shape index (κ3) is 5.23. The fraction of sp³-hybridized carbons (Fsp3) is 0.467. The van der Waals surface area contributed by atoms with Crippen molar-refractivity contribution in [2.75, 3.05) is 23.3 Å². The molecule has 8 nitrogen and oxygen atoms in total. The second-order valence-electron chi connectivity index (χ2n) is 5.61. The second-order valence-corrected chi connectivity index (χ2v) is 5.61. The number of rotatable bonds is 7. The lowest BCUT2D eigenvalue weighted by molar-refractivity contribution is -0.173. The number of carbonyl (C=O) groups is 1. The molecule has 1 amide bonds. The van der Waals surface area contributed by atoms with Crippen LogP contribution in [0.25, 0.3) is 0 Å². The van der Waals surface area contributed by atoms with E-state index in [0.29, 0.717) is 48.8 Å². The van der Waals surface area contributed by atoms with Crippen LogP contribution >= 0.6 is 0 Å². The zero-order valence-electron chi connectivity index (χ0n) is 13.8. The molecule has 1 aromatic rings. The Bertz CT molecular complexity index is 654. The van der Waals surface area contributed by atoms with Crippen molar-refractivity contribution in [3.8, 4) is 0 Å². The Morgan fingerprint density at radius 3 is 2.31 bits per heavy atom. The Morgan fingerprint density at radius 2 is 1.65 bits per heavy atom. The summed E-state index contributed by atoms with van der Waals surface area (Å²) in [5.41, 5.74) is 0.703. The van der Waals surface area contributed by atoms with E-state index in [1.54, 1.807) is 24.3 Å². The summed E-state index contributed by atoms with van der Waals surface area (Å²) in [6.45, 7) is 0.417. The molecule has 0 saturated carbocycles. The minimum atomic E-state index is -4.85. The van der Waals surface area contributed by atoms with Gasteiger partial charge < -0.3 is 10.6 Å². The molecule has 0 aromatic heterocycles. The van der Waals surface area contributed by atoms with E-state index >= 15 is 0 Å². The quantitative estimate of drug-likeness (QED) is 0.545. The Labute approximate surface area is 147 Å². The zero-order valence-corrected chi connectivity index (χ0v) is 13.8. The fourth-order valence-electron chi connectivity index (χ4n) is 2.33. The molecule has 0 aliphatic carbocycles. The van der Waals surface area contributed by atoms with Gasteiger partial charge in [0.1, 0.15) is 11.4 Å². The van der Waals surface area contributed by atoms with Crippen molar-refractivity contribution >= 4 is 23.2 Å². The first-order valence-corrected chi connectivity index (χ1v) is 8.05. The number of fused-ring (bicyclic) bond motifs is 1. The number of carbonyl (C=O) groups excluding carboxylic acids is 1. The van der Waals surface area contributed by atoms with E-state index in [2.05, 4.69) is 10.4 Å². The Hall–Kier alpha value is -2.53. The Balaban J connectivity index is 1.63. The molecule has 0 saturated heterocycles. The van der Waals surface area contributed by atoms with Gasteiger partial charge in [-0.15, -0.1) is 10.3 Å². The van der Waals surface area contributed by atoms with Crippen molar-refractivity contribution in [1.82, 2.24) is 10.6 Å². The van der Waals surface area contributed by atoms with E-state index in [9.17, 15) is 28.4 Å². The van der Waals surface area contributed by atoms with Gasteiger partial charge in [-0.25, -0.2) is 0 Å². The summed E-state index contributed by atoms with van der Waals surface area (Å²) >= 11 is 0. The molecule has 0 radical (unpaired) electrons. The Kier molecular flexibility index (Phi) is 6.64. The molecule has 2 rings (SSSR count). The normalized spacial score (nSPS) is 14.0. The molecule has 26 heavy (non-hydrogen) atoms. The summed E-state index contributed by atoms with van der Waals surface area (Å²) in [5, 5.41) is 29.9. The highest BCUT2D eigenvalue weighted by Gasteiger charge is 2.38. The maximum absolute atomic E-state index is 12.0. The highest BCUT2D eigenvalue weighted by molar-refractivity contribution is 5.99. The van der Waals surface area contributed by atoms with Gasteiger partial charge in [0.25, 0.3) is 0 Å². The van der Waals surface area contributed by atoms with Crippen LogP contribution in [0.3, 0.4) is 0 Å². The molecule has 0 bridgehead atoms. The number of amides is 1. The van der Waals surface area contributed by atoms with Crippen LogP contribution in [0.2, 0.25) is 0 Å². The lowest BCUT2D eigenvalue weighted by Gasteiger charge is -2.29. The molecule has 1 aliphatic rings. The largest absolute Gasteiger partial charge is 0.471 e. The van der Waals surface area contributed by atoms with Gasteiger partial charge in [-0.3, -0.25) is 15.2 Å². The summed E-state index contributed by atoms with van der Waals surface area (Å²) in [4.78, 5) is 10.6. The minimum Gasteiger partial charge on any atom is -0.353 e. The average Bonchev–Trinajstić information content (AvgIpc) is 2.60. The maximum atomic E-state index is 12.0. The van der Waals surface area contributed by atoms with Crippen molar-refractivity contribution in [2.24, 2.45) is 5.10 Å². The number of unbranched alkanes of at least 4 members (excludes halogenated alkanes) is 3. The first-order valence-electron chi connectivity index (χ1n) is 8.05. The van der Waals surface area contributed by atoms with Gasteiger partial charge in [-0.2, -0.15) is 18.2 Å². The van der Waals surface area contributed by atoms with Crippen LogP contribution in [0.15, 0.2) is 29.4 Å². The number of hydroxylamine groups is 1. The van der Waals surface area contributed by atoms with Gasteiger partial charge in [0.05, 0.1) is 0 Å². The van der Waals surface area contributed by atoms with Crippen molar-refractivity contribution in [3.63, 3.8) is 0 Å². The summed E-state index contributed by atoms with van der Waals surface area (Å²) < 4.78 is 35.9. The highest BCUT2D eigenvalue weighted by atomic mass is 19.4. The molecule has 4 N–H and O–H groups in total. The minimum absolute atomic E-state index is 0.0286. The molecule has 1 aliphatic heterocycles. The van der Waals surface area contributed by atoms with Crippen LogP contribution in [0.4, 0.5) is 24.5 Å². The van der Waals surface area contributed by atoms with E-state index in [1.807, 2.05) is 5.32 Å². The molecular weight excluding hydrogens is 355 g/mol. The smallest absolute Gasteiger partial charge is 0.353 e. The number of benzene rings is 1. The van der Waals surface area contributed by atoms with E-state index in [4.69, 9.17) is 0 Å². The fourth-order valence-corrected chi connectivity index (χ4v) is 2.33. The first kappa shape index (κ1) is 19.8. The van der Waals surface area contributed by atoms with Crippen molar-refractivity contribution < 1.29 is 28.4 Å². The third-order valence-electron chi connectivity index (χ3n) is 3.65. The van der Waals surface area contributed by atoms with Gasteiger partial charge in [0.2, 0.25) is 5.96 Å². The second kappa shape index (κ2) is 8.72. The van der Waals surface area contributed by atoms with Crippen LogP contribution < -0.4 is 20.9 Å².